The third-order valence-electron chi connectivity index (χ3n) is 13.9. The van der Waals surface area contributed by atoms with E-state index in [1.165, 1.54) is 23.0 Å². The molecule has 2 fully saturated rings. The largest absolute Gasteiger partial charge is 0.374 e. The van der Waals surface area contributed by atoms with E-state index in [1.807, 2.05) is 56.6 Å². The van der Waals surface area contributed by atoms with Crippen LogP contribution in [0.5, 0.6) is 0 Å². The zero-order valence-electron chi connectivity index (χ0n) is 41.0. The van der Waals surface area contributed by atoms with Gasteiger partial charge in [0, 0.05) is 99.2 Å². The van der Waals surface area contributed by atoms with Crippen LogP contribution in [-0.4, -0.2) is 114 Å². The summed E-state index contributed by atoms with van der Waals surface area (Å²) in [7, 11) is 3.96. The Morgan fingerprint density at radius 1 is 0.957 bits per heavy atom. The number of likely N-dealkylation sites (N-methyl/N-ethyl adjacent to an activating group) is 1. The van der Waals surface area contributed by atoms with Crippen LogP contribution in [0.2, 0.25) is 0 Å². The highest BCUT2D eigenvalue weighted by molar-refractivity contribution is 6.16. The number of hydrogen-bond acceptors (Lipinski definition) is 12. The predicted molar refractivity (Wildman–Crippen MR) is 269 cm³/mol. The molecule has 2 saturated heterocycles. The van der Waals surface area contributed by atoms with Crippen LogP contribution in [0, 0.1) is 12.7 Å². The molecule has 15 nitrogen and oxygen atoms in total. The molecule has 69 heavy (non-hydrogen) atoms. The lowest BCUT2D eigenvalue weighted by Crippen LogP contribution is -2.38. The van der Waals surface area contributed by atoms with Crippen molar-refractivity contribution in [1.29, 1.82) is 0 Å². The molecule has 1 amide bonds. The van der Waals surface area contributed by atoms with Gasteiger partial charge in [0.05, 0.1) is 23.6 Å². The number of fused-ring (bicyclic) bond motifs is 1. The predicted octanol–water partition coefficient (Wildman–Crippen LogP) is 6.89. The summed E-state index contributed by atoms with van der Waals surface area (Å²) in [5, 5.41) is 18.0. The van der Waals surface area contributed by atoms with Gasteiger partial charge >= 0.3 is 0 Å². The quantitative estimate of drug-likeness (QED) is 0.105. The highest BCUT2D eigenvalue weighted by Crippen LogP contribution is 2.33. The number of carbonyl (C=O) groups excluding carboxylic acids is 3. The highest BCUT2D eigenvalue weighted by atomic mass is 19.1. The van der Waals surface area contributed by atoms with Crippen LogP contribution in [0.4, 0.5) is 10.1 Å². The summed E-state index contributed by atoms with van der Waals surface area (Å²) in [6.45, 7) is 14.3. The van der Waals surface area contributed by atoms with Crippen LogP contribution in [0.3, 0.4) is 0 Å². The Morgan fingerprint density at radius 2 is 1.77 bits per heavy atom. The first kappa shape index (κ1) is 49.1. The van der Waals surface area contributed by atoms with E-state index in [0.29, 0.717) is 24.1 Å². The molecule has 0 saturated carbocycles. The van der Waals surface area contributed by atoms with Crippen LogP contribution in [0.15, 0.2) is 78.2 Å². The van der Waals surface area contributed by atoms with Gasteiger partial charge in [0.25, 0.3) is 0 Å². The summed E-state index contributed by atoms with van der Waals surface area (Å²) in [6.07, 6.45) is 15.1. The summed E-state index contributed by atoms with van der Waals surface area (Å²) in [5.41, 5.74) is 17.8. The maximum absolute atomic E-state index is 15.0. The van der Waals surface area contributed by atoms with Crippen LogP contribution in [-0.2, 0) is 42.7 Å². The van der Waals surface area contributed by atoms with Crippen LogP contribution in [0.25, 0.3) is 16.6 Å². The maximum Gasteiger partial charge on any atom is 0.242 e. The van der Waals surface area contributed by atoms with Crippen molar-refractivity contribution in [3.8, 4) is 0 Å². The van der Waals surface area contributed by atoms with E-state index in [2.05, 4.69) is 83.9 Å². The van der Waals surface area contributed by atoms with E-state index in [1.54, 1.807) is 18.1 Å². The summed E-state index contributed by atoms with van der Waals surface area (Å²) in [4.78, 5) is 49.5. The molecule has 5 aromatic rings. The first-order valence-electron chi connectivity index (χ1n) is 24.5. The molecule has 4 aliphatic rings. The number of nitrogens with two attached hydrogens (primary N) is 1. The normalized spacial score (nSPS) is 19.4. The molecule has 0 radical (unpaired) electrons. The van der Waals surface area contributed by atoms with Crippen LogP contribution in [0.1, 0.15) is 115 Å². The van der Waals surface area contributed by atoms with Crippen LogP contribution < -0.4 is 16.4 Å². The fraction of sp³-hybridized carbons (Fsp3) is 0.453. The first-order valence-corrected chi connectivity index (χ1v) is 24.5. The number of nitrogens with zero attached hydrogens (tertiary/aromatic N) is 9. The molecule has 0 spiro atoms. The molecule has 0 bridgehead atoms. The number of rotatable bonds is 13. The number of allylic oxidation sites excluding steroid dienone is 1. The van der Waals surface area contributed by atoms with Gasteiger partial charge in [-0.1, -0.05) is 26.0 Å². The average Bonchev–Trinajstić information content (AvgIpc) is 3.84. The highest BCUT2D eigenvalue weighted by Gasteiger charge is 2.27. The zero-order valence-corrected chi connectivity index (χ0v) is 41.0. The standard InChI is InChI=1S/C27H31N7O.C26H36FN5O2/c1-17-13-20(18(2)35)15-30-26(17)19-8-11-34(12-9-19)16-21-14-23-22(7-10-29-27(23)32(21)3)24-5-6-25(28)33(4)31-24;1-3-11-32-21(4-2)14-20(30-32)17-31-12-9-18(10-13-31)23-7-5-19(15-24(23)27)29-25-8-6-22(33)16-28-26(25)34/h5-8,10,13-15,25H,9,11-12,16,28H2,1-4H3;5,7,14-15,18,25,29H,3-4,6,8-13,16-17H2,1-2H3,(H,28,34). The van der Waals surface area contributed by atoms with E-state index in [9.17, 15) is 14.4 Å². The Labute approximate surface area is 404 Å². The van der Waals surface area contributed by atoms with E-state index in [0.717, 1.165) is 123 Å². The number of piperidine rings is 1. The number of aromatic nitrogens is 5. The second kappa shape index (κ2) is 21.9. The molecular formula is C53H67FN12O3. The Kier molecular flexibility index (Phi) is 15.6. The molecular weight excluding hydrogens is 872 g/mol. The number of anilines is 1. The van der Waals surface area contributed by atoms with Gasteiger partial charge in [-0.25, -0.2) is 9.37 Å². The zero-order chi connectivity index (χ0) is 48.8. The molecule has 16 heteroatoms. The number of amides is 1. The number of pyridine rings is 2. The molecule has 0 aliphatic carbocycles. The van der Waals surface area contributed by atoms with Gasteiger partial charge < -0.3 is 20.9 Å². The third kappa shape index (κ3) is 11.6. The van der Waals surface area contributed by atoms with Gasteiger partial charge in [0.2, 0.25) is 5.91 Å². The lowest BCUT2D eigenvalue weighted by molar-refractivity contribution is -0.123. The monoisotopic (exact) mass is 939 g/mol. The van der Waals surface area contributed by atoms with Gasteiger partial charge in [0.1, 0.15) is 23.7 Å². The van der Waals surface area contributed by atoms with Crippen molar-refractivity contribution in [2.24, 2.45) is 17.9 Å². The van der Waals surface area contributed by atoms with E-state index in [-0.39, 0.29) is 41.9 Å². The summed E-state index contributed by atoms with van der Waals surface area (Å²) in [6, 6.07) is 13.1. The molecule has 2 atom stereocenters. The molecule has 364 valence electrons. The van der Waals surface area contributed by atoms with Gasteiger partial charge in [-0.3, -0.25) is 38.9 Å². The number of hydrogen-bond donors (Lipinski definition) is 3. The van der Waals surface area contributed by atoms with Gasteiger partial charge in [0.15, 0.2) is 11.6 Å². The minimum Gasteiger partial charge on any atom is -0.374 e. The molecule has 4 N–H and O–H groups in total. The Hall–Kier alpha value is -6.36. The van der Waals surface area contributed by atoms with Gasteiger partial charge in [-0.05, 0) is 137 Å². The van der Waals surface area contributed by atoms with Crippen molar-refractivity contribution in [3.05, 3.63) is 124 Å². The number of nitrogens with one attached hydrogen (secondary N) is 2. The maximum atomic E-state index is 15.0. The lowest BCUT2D eigenvalue weighted by Gasteiger charge is -2.32. The molecule has 2 unspecified atom stereocenters. The van der Waals surface area contributed by atoms with Crippen molar-refractivity contribution in [2.45, 2.75) is 110 Å². The summed E-state index contributed by atoms with van der Waals surface area (Å²) in [5.74, 6) is -0.197. The first-order chi connectivity index (χ1) is 33.3. The fourth-order valence-corrected chi connectivity index (χ4v) is 9.81. The molecule has 4 aliphatic heterocycles. The smallest absolute Gasteiger partial charge is 0.242 e. The van der Waals surface area contributed by atoms with E-state index < -0.39 is 6.04 Å². The number of aryl methyl sites for hydroxylation is 4. The Morgan fingerprint density at radius 3 is 2.46 bits per heavy atom. The molecule has 1 aromatic carbocycles. The topological polar surface area (TPSA) is 172 Å². The van der Waals surface area contributed by atoms with E-state index >= 15 is 4.39 Å². The SMILES string of the molecule is CC(=O)c1cnc(C2=CCN(Cc3cc4c(C5=NN(C)C(N)C=C5)ccnc4n3C)CC2)c(C)c1.CCCn1nc(CN2CCC(c3ccc(NC4CCC(=O)CNC4=O)cc3F)CC2)cc1CC. The van der Waals surface area contributed by atoms with Crippen molar-refractivity contribution in [3.63, 3.8) is 0 Å². The molecule has 9 rings (SSSR count). The average molecular weight is 939 g/mol. The van der Waals surface area contributed by atoms with E-state index in [4.69, 9.17) is 10.8 Å². The number of hydrazone groups is 1. The van der Waals surface area contributed by atoms with Gasteiger partial charge in [-0.15, -0.1) is 0 Å². The van der Waals surface area contributed by atoms with Crippen LogP contribution >= 0.6 is 0 Å². The summed E-state index contributed by atoms with van der Waals surface area (Å²) < 4.78 is 19.3. The molecule has 8 heterocycles. The number of carbonyl (C=O) groups is 3. The number of benzene rings is 1. The fourth-order valence-electron chi connectivity index (χ4n) is 9.81. The van der Waals surface area contributed by atoms with Crippen molar-refractivity contribution in [1.82, 2.24) is 44.4 Å². The Bertz CT molecular complexity index is 2780. The van der Waals surface area contributed by atoms with Crippen molar-refractivity contribution in [2.75, 3.05) is 45.1 Å². The third-order valence-corrected chi connectivity index (χ3v) is 13.9. The molecule has 4 aromatic heterocycles. The number of ketones is 2. The number of Topliss-reactive ketones (excluding diaryl/α,β-unsaturated/α-hetero) is 2. The minimum atomic E-state index is -0.519. The van der Waals surface area contributed by atoms with Crippen molar-refractivity contribution < 1.29 is 18.8 Å². The number of likely N-dealkylation sites (tertiary alicyclic amines) is 1. The second-order valence-electron chi connectivity index (χ2n) is 18.8. The Balaban J connectivity index is 0.000000186. The van der Waals surface area contributed by atoms with Crippen molar-refractivity contribution >= 4 is 45.5 Å². The minimum absolute atomic E-state index is 0.0191. The second-order valence-corrected chi connectivity index (χ2v) is 18.8. The lowest BCUT2D eigenvalue weighted by atomic mass is 9.89. The summed E-state index contributed by atoms with van der Waals surface area (Å²) >= 11 is 0. The number of halogens is 1. The van der Waals surface area contributed by atoms with Gasteiger partial charge in [-0.2, -0.15) is 10.2 Å².